The van der Waals surface area contributed by atoms with Crippen molar-refractivity contribution in [2.24, 2.45) is 5.73 Å². The summed E-state index contributed by atoms with van der Waals surface area (Å²) in [4.78, 5) is 15.6. The van der Waals surface area contributed by atoms with Gasteiger partial charge in [-0.05, 0) is 42.5 Å². The summed E-state index contributed by atoms with van der Waals surface area (Å²) >= 11 is 6.07. The second-order valence-electron chi connectivity index (χ2n) is 5.66. The topological polar surface area (TPSA) is 73.4 Å². The molecular formula is C18H17ClN4O. The first-order valence-corrected chi connectivity index (χ1v) is 8.05. The Morgan fingerprint density at radius 2 is 1.67 bits per heavy atom. The molecule has 0 atom stereocenters. The molecule has 0 radical (unpaired) electrons. The number of piperazine rings is 1. The second-order valence-corrected chi connectivity index (χ2v) is 6.09. The maximum absolute atomic E-state index is 11.1. The van der Waals surface area contributed by atoms with Gasteiger partial charge in [-0.1, -0.05) is 11.6 Å². The Labute approximate surface area is 145 Å². The molecule has 1 amide bonds. The monoisotopic (exact) mass is 340 g/mol. The normalized spacial score (nSPS) is 14.3. The van der Waals surface area contributed by atoms with Crippen LogP contribution in [-0.4, -0.2) is 32.1 Å². The molecule has 0 spiro atoms. The number of nitriles is 1. The number of nitrogens with two attached hydrogens (primary N) is 1. The third-order valence-electron chi connectivity index (χ3n) is 4.22. The van der Waals surface area contributed by atoms with Crippen LogP contribution >= 0.6 is 11.6 Å². The Kier molecular flexibility index (Phi) is 4.59. The van der Waals surface area contributed by atoms with E-state index in [9.17, 15) is 10.1 Å². The first kappa shape index (κ1) is 16.2. The van der Waals surface area contributed by atoms with Gasteiger partial charge in [-0.15, -0.1) is 0 Å². The third-order valence-corrected chi connectivity index (χ3v) is 4.45. The first-order valence-electron chi connectivity index (χ1n) is 7.68. The van der Waals surface area contributed by atoms with E-state index < -0.39 is 5.91 Å². The highest BCUT2D eigenvalue weighted by Gasteiger charge is 2.20. The molecule has 1 aliphatic heterocycles. The molecule has 0 unspecified atom stereocenters. The van der Waals surface area contributed by atoms with Gasteiger partial charge < -0.3 is 15.5 Å². The Morgan fingerprint density at radius 3 is 2.25 bits per heavy atom. The van der Waals surface area contributed by atoms with Crippen molar-refractivity contribution in [3.63, 3.8) is 0 Å². The minimum Gasteiger partial charge on any atom is -0.368 e. The SMILES string of the molecule is N#Cc1ccc(Cl)cc1N1CCN(c2ccc(C(N)=O)cc2)CC1. The lowest BCUT2D eigenvalue weighted by Crippen LogP contribution is -2.46. The Morgan fingerprint density at radius 1 is 1.04 bits per heavy atom. The van der Waals surface area contributed by atoms with E-state index in [0.717, 1.165) is 37.6 Å². The van der Waals surface area contributed by atoms with Crippen LogP contribution in [0.5, 0.6) is 0 Å². The summed E-state index contributed by atoms with van der Waals surface area (Å²) in [6.07, 6.45) is 0. The van der Waals surface area contributed by atoms with Crippen LogP contribution in [-0.2, 0) is 0 Å². The number of amides is 1. The maximum atomic E-state index is 11.1. The molecule has 122 valence electrons. The Balaban J connectivity index is 1.71. The van der Waals surface area contributed by atoms with Gasteiger partial charge in [0.2, 0.25) is 5.91 Å². The molecule has 24 heavy (non-hydrogen) atoms. The zero-order chi connectivity index (χ0) is 17.1. The molecule has 2 aromatic carbocycles. The summed E-state index contributed by atoms with van der Waals surface area (Å²) in [5.74, 6) is -0.420. The van der Waals surface area contributed by atoms with Gasteiger partial charge in [0.1, 0.15) is 6.07 Å². The molecule has 2 N–H and O–H groups in total. The molecule has 5 nitrogen and oxygen atoms in total. The number of anilines is 2. The lowest BCUT2D eigenvalue weighted by atomic mass is 10.1. The standard InChI is InChI=1S/C18H17ClN4O/c19-15-4-1-14(12-20)17(11-15)23-9-7-22(8-10-23)16-5-2-13(3-6-16)18(21)24/h1-6,11H,7-10H2,(H2,21,24). The fourth-order valence-electron chi connectivity index (χ4n) is 2.90. The summed E-state index contributed by atoms with van der Waals surface area (Å²) < 4.78 is 0. The molecule has 0 bridgehead atoms. The van der Waals surface area contributed by atoms with Gasteiger partial charge in [-0.3, -0.25) is 4.79 Å². The second kappa shape index (κ2) is 6.81. The highest BCUT2D eigenvalue weighted by molar-refractivity contribution is 6.30. The van der Waals surface area contributed by atoms with E-state index in [-0.39, 0.29) is 0 Å². The van der Waals surface area contributed by atoms with Crippen molar-refractivity contribution in [1.29, 1.82) is 5.26 Å². The largest absolute Gasteiger partial charge is 0.368 e. The predicted molar refractivity (Wildman–Crippen MR) is 95.6 cm³/mol. The lowest BCUT2D eigenvalue weighted by molar-refractivity contribution is 0.100. The minimum absolute atomic E-state index is 0.420. The van der Waals surface area contributed by atoms with E-state index in [1.165, 1.54) is 0 Å². The minimum atomic E-state index is -0.420. The average Bonchev–Trinajstić information content (AvgIpc) is 2.62. The van der Waals surface area contributed by atoms with Crippen LogP contribution < -0.4 is 15.5 Å². The van der Waals surface area contributed by atoms with E-state index in [0.29, 0.717) is 16.1 Å². The predicted octanol–water partition coefficient (Wildman–Crippen LogP) is 2.64. The third kappa shape index (κ3) is 3.29. The van der Waals surface area contributed by atoms with Crippen molar-refractivity contribution < 1.29 is 4.79 Å². The Hall–Kier alpha value is -2.71. The van der Waals surface area contributed by atoms with Crippen LogP contribution in [0.1, 0.15) is 15.9 Å². The van der Waals surface area contributed by atoms with Crippen molar-refractivity contribution in [2.45, 2.75) is 0 Å². The molecular weight excluding hydrogens is 324 g/mol. The van der Waals surface area contributed by atoms with Crippen LogP contribution in [0.4, 0.5) is 11.4 Å². The van der Waals surface area contributed by atoms with E-state index in [2.05, 4.69) is 15.9 Å². The number of carbonyl (C=O) groups excluding carboxylic acids is 1. The number of carbonyl (C=O) groups is 1. The summed E-state index contributed by atoms with van der Waals surface area (Å²) in [6.45, 7) is 3.25. The van der Waals surface area contributed by atoms with Crippen LogP contribution in [0.2, 0.25) is 5.02 Å². The van der Waals surface area contributed by atoms with Gasteiger partial charge in [-0.2, -0.15) is 5.26 Å². The summed E-state index contributed by atoms with van der Waals surface area (Å²) in [6, 6.07) is 14.9. The van der Waals surface area contributed by atoms with Crippen molar-refractivity contribution in [2.75, 3.05) is 36.0 Å². The first-order chi connectivity index (χ1) is 11.6. The molecule has 6 heteroatoms. The van der Waals surface area contributed by atoms with Gasteiger partial charge in [0.15, 0.2) is 0 Å². The number of hydrogen-bond donors (Lipinski definition) is 1. The smallest absolute Gasteiger partial charge is 0.248 e. The fourth-order valence-corrected chi connectivity index (χ4v) is 3.07. The molecule has 0 saturated carbocycles. The number of rotatable bonds is 3. The molecule has 1 heterocycles. The van der Waals surface area contributed by atoms with Gasteiger partial charge in [0.05, 0.1) is 11.3 Å². The molecule has 0 aromatic heterocycles. The van der Waals surface area contributed by atoms with E-state index in [4.69, 9.17) is 17.3 Å². The number of halogens is 1. The average molecular weight is 341 g/mol. The summed E-state index contributed by atoms with van der Waals surface area (Å²) in [5.41, 5.74) is 8.36. The van der Waals surface area contributed by atoms with Gasteiger partial charge >= 0.3 is 0 Å². The van der Waals surface area contributed by atoms with Gasteiger partial charge in [0.25, 0.3) is 0 Å². The fraction of sp³-hybridized carbons (Fsp3) is 0.222. The Bertz CT molecular complexity index is 790. The van der Waals surface area contributed by atoms with E-state index >= 15 is 0 Å². The van der Waals surface area contributed by atoms with Gasteiger partial charge in [-0.25, -0.2) is 0 Å². The quantitative estimate of drug-likeness (QED) is 0.932. The zero-order valence-electron chi connectivity index (χ0n) is 13.1. The van der Waals surface area contributed by atoms with Crippen molar-refractivity contribution in [1.82, 2.24) is 0 Å². The molecule has 3 rings (SSSR count). The lowest BCUT2D eigenvalue weighted by Gasteiger charge is -2.37. The zero-order valence-corrected chi connectivity index (χ0v) is 13.8. The van der Waals surface area contributed by atoms with Crippen molar-refractivity contribution in [3.8, 4) is 6.07 Å². The number of primary amides is 1. The summed E-state index contributed by atoms with van der Waals surface area (Å²) in [7, 11) is 0. The summed E-state index contributed by atoms with van der Waals surface area (Å²) in [5, 5.41) is 9.91. The van der Waals surface area contributed by atoms with Crippen LogP contribution in [0.3, 0.4) is 0 Å². The van der Waals surface area contributed by atoms with Crippen molar-refractivity contribution in [3.05, 3.63) is 58.6 Å². The van der Waals surface area contributed by atoms with Crippen molar-refractivity contribution >= 4 is 28.9 Å². The molecule has 1 aliphatic rings. The number of nitrogens with zero attached hydrogens (tertiary/aromatic N) is 3. The highest BCUT2D eigenvalue weighted by atomic mass is 35.5. The highest BCUT2D eigenvalue weighted by Crippen LogP contribution is 2.26. The van der Waals surface area contributed by atoms with Crippen LogP contribution in [0, 0.1) is 11.3 Å². The molecule has 0 aliphatic carbocycles. The molecule has 2 aromatic rings. The van der Waals surface area contributed by atoms with Crippen LogP contribution in [0.25, 0.3) is 0 Å². The number of benzene rings is 2. The van der Waals surface area contributed by atoms with Gasteiger partial charge in [0, 0.05) is 42.5 Å². The van der Waals surface area contributed by atoms with E-state index in [1.807, 2.05) is 18.2 Å². The molecule has 1 fully saturated rings. The van der Waals surface area contributed by atoms with E-state index in [1.54, 1.807) is 24.3 Å². The maximum Gasteiger partial charge on any atom is 0.248 e. The number of hydrogen-bond acceptors (Lipinski definition) is 4. The molecule has 1 saturated heterocycles. The van der Waals surface area contributed by atoms with Crippen LogP contribution in [0.15, 0.2) is 42.5 Å².